The van der Waals surface area contributed by atoms with Crippen LogP contribution < -0.4 is 16.0 Å². The molecule has 3 N–H and O–H groups in total. The Morgan fingerprint density at radius 2 is 1.88 bits per heavy atom. The molecule has 0 atom stereocenters. The summed E-state index contributed by atoms with van der Waals surface area (Å²) in [6, 6.07) is 1.51. The van der Waals surface area contributed by atoms with Gasteiger partial charge in [0.05, 0.1) is 12.8 Å². The SMILES string of the molecule is COC(=O)c1nc(NC(=O)c2cc(NC(=O)CCNC(=O)OC(C)(C)C)cn2C)sc1C. The van der Waals surface area contributed by atoms with Crippen LogP contribution in [0.3, 0.4) is 0 Å². The highest BCUT2D eigenvalue weighted by molar-refractivity contribution is 7.16. The van der Waals surface area contributed by atoms with Crippen LogP contribution in [0.4, 0.5) is 15.6 Å². The van der Waals surface area contributed by atoms with E-state index in [1.165, 1.54) is 13.2 Å². The van der Waals surface area contributed by atoms with Gasteiger partial charge in [-0.2, -0.15) is 0 Å². The van der Waals surface area contributed by atoms with Gasteiger partial charge in [-0.3, -0.25) is 14.9 Å². The summed E-state index contributed by atoms with van der Waals surface area (Å²) in [5, 5.41) is 8.07. The van der Waals surface area contributed by atoms with E-state index < -0.39 is 23.6 Å². The van der Waals surface area contributed by atoms with Gasteiger partial charge in [-0.15, -0.1) is 11.3 Å². The Bertz CT molecular complexity index is 1020. The lowest BCUT2D eigenvalue weighted by Crippen LogP contribution is -2.34. The first-order valence-electron chi connectivity index (χ1n) is 9.69. The Labute approximate surface area is 189 Å². The fourth-order valence-corrected chi connectivity index (χ4v) is 3.37. The highest BCUT2D eigenvalue weighted by Crippen LogP contribution is 2.24. The van der Waals surface area contributed by atoms with Gasteiger partial charge in [-0.25, -0.2) is 14.6 Å². The Kier molecular flexibility index (Phi) is 7.97. The van der Waals surface area contributed by atoms with E-state index in [1.807, 2.05) is 0 Å². The van der Waals surface area contributed by atoms with E-state index >= 15 is 0 Å². The van der Waals surface area contributed by atoms with Gasteiger partial charge in [0.2, 0.25) is 5.91 Å². The number of thiazole rings is 1. The molecule has 0 aromatic carbocycles. The molecular formula is C20H27N5O6S. The first-order valence-corrected chi connectivity index (χ1v) is 10.5. The van der Waals surface area contributed by atoms with E-state index in [1.54, 1.807) is 45.5 Å². The second-order valence-electron chi connectivity index (χ2n) is 7.82. The van der Waals surface area contributed by atoms with Crippen LogP contribution in [-0.2, 0) is 21.3 Å². The quantitative estimate of drug-likeness (QED) is 0.534. The van der Waals surface area contributed by atoms with Crippen molar-refractivity contribution in [2.24, 2.45) is 7.05 Å². The number of alkyl carbamates (subject to hydrolysis) is 1. The molecule has 2 heterocycles. The largest absolute Gasteiger partial charge is 0.464 e. The van der Waals surface area contributed by atoms with E-state index in [9.17, 15) is 19.2 Å². The highest BCUT2D eigenvalue weighted by atomic mass is 32.1. The lowest BCUT2D eigenvalue weighted by atomic mass is 10.2. The molecule has 174 valence electrons. The predicted molar refractivity (Wildman–Crippen MR) is 119 cm³/mol. The second-order valence-corrected chi connectivity index (χ2v) is 9.02. The third-order valence-electron chi connectivity index (χ3n) is 3.94. The second kappa shape index (κ2) is 10.3. The lowest BCUT2D eigenvalue weighted by Gasteiger charge is -2.19. The van der Waals surface area contributed by atoms with Crippen LogP contribution in [0.1, 0.15) is 53.0 Å². The Hall–Kier alpha value is -3.41. The number of amides is 3. The topological polar surface area (TPSA) is 141 Å². The Morgan fingerprint density at radius 1 is 1.19 bits per heavy atom. The van der Waals surface area contributed by atoms with Crippen LogP contribution in [-0.4, -0.2) is 52.7 Å². The minimum absolute atomic E-state index is 0.0321. The van der Waals surface area contributed by atoms with Gasteiger partial charge >= 0.3 is 12.1 Å². The third kappa shape index (κ3) is 7.08. The summed E-state index contributed by atoms with van der Waals surface area (Å²) in [6.07, 6.45) is 1.02. The molecule has 2 aromatic rings. The van der Waals surface area contributed by atoms with Crippen molar-refractivity contribution in [3.63, 3.8) is 0 Å². The number of nitrogens with one attached hydrogen (secondary N) is 3. The fourth-order valence-electron chi connectivity index (χ4n) is 2.57. The molecule has 0 saturated heterocycles. The first-order chi connectivity index (χ1) is 14.9. The maximum Gasteiger partial charge on any atom is 0.407 e. The average molecular weight is 466 g/mol. The number of hydrogen-bond donors (Lipinski definition) is 3. The summed E-state index contributed by atoms with van der Waals surface area (Å²) < 4.78 is 11.3. The molecule has 12 heteroatoms. The van der Waals surface area contributed by atoms with E-state index in [-0.39, 0.29) is 35.4 Å². The molecule has 2 rings (SSSR count). The van der Waals surface area contributed by atoms with Gasteiger partial charge < -0.3 is 24.7 Å². The van der Waals surface area contributed by atoms with Crippen molar-refractivity contribution in [3.05, 3.63) is 28.5 Å². The van der Waals surface area contributed by atoms with E-state index in [0.717, 1.165) is 11.3 Å². The number of aryl methyl sites for hydroxylation is 2. The average Bonchev–Trinajstić information content (AvgIpc) is 3.21. The molecule has 0 radical (unpaired) electrons. The molecule has 0 aliphatic heterocycles. The molecule has 11 nitrogen and oxygen atoms in total. The number of rotatable bonds is 7. The minimum Gasteiger partial charge on any atom is -0.464 e. The maximum absolute atomic E-state index is 12.6. The standard InChI is InChI=1S/C20H27N5O6S/c1-11-15(17(28)30-6)23-18(32-11)24-16(27)13-9-12(10-25(13)5)22-14(26)7-8-21-19(29)31-20(2,3)4/h9-10H,7-8H2,1-6H3,(H,21,29)(H,22,26)(H,23,24,27). The molecule has 3 amide bonds. The predicted octanol–water partition coefficient (Wildman–Crippen LogP) is 2.68. The molecule has 0 aliphatic rings. The monoisotopic (exact) mass is 465 g/mol. The van der Waals surface area contributed by atoms with Crippen molar-refractivity contribution < 1.29 is 28.7 Å². The summed E-state index contributed by atoms with van der Waals surface area (Å²) in [5.41, 5.74) is 0.226. The normalized spacial score (nSPS) is 10.9. The van der Waals surface area contributed by atoms with Crippen molar-refractivity contribution in [2.45, 2.75) is 39.7 Å². The van der Waals surface area contributed by atoms with Crippen LogP contribution >= 0.6 is 11.3 Å². The molecule has 32 heavy (non-hydrogen) atoms. The number of carbonyl (C=O) groups is 4. The number of esters is 1. The van der Waals surface area contributed by atoms with E-state index in [0.29, 0.717) is 10.6 Å². The van der Waals surface area contributed by atoms with Crippen LogP contribution in [0, 0.1) is 6.92 Å². The van der Waals surface area contributed by atoms with E-state index in [4.69, 9.17) is 4.74 Å². The Balaban J connectivity index is 1.92. The number of aromatic nitrogens is 2. The number of anilines is 2. The summed E-state index contributed by atoms with van der Waals surface area (Å²) in [5.74, 6) is -1.37. The zero-order chi connectivity index (χ0) is 24.1. The molecule has 0 aliphatic carbocycles. The maximum atomic E-state index is 12.6. The molecular weight excluding hydrogens is 438 g/mol. The van der Waals surface area contributed by atoms with Crippen molar-refractivity contribution >= 4 is 46.0 Å². The number of nitrogens with zero attached hydrogens (tertiary/aromatic N) is 2. The van der Waals surface area contributed by atoms with Gasteiger partial charge in [-0.1, -0.05) is 0 Å². The number of carbonyl (C=O) groups excluding carboxylic acids is 4. The molecule has 2 aromatic heterocycles. The van der Waals surface area contributed by atoms with Gasteiger partial charge in [0.15, 0.2) is 10.8 Å². The fraction of sp³-hybridized carbons (Fsp3) is 0.450. The summed E-state index contributed by atoms with van der Waals surface area (Å²) in [4.78, 5) is 52.7. The third-order valence-corrected chi connectivity index (χ3v) is 4.82. The van der Waals surface area contributed by atoms with Crippen molar-refractivity contribution in [3.8, 4) is 0 Å². The first kappa shape index (κ1) is 24.9. The zero-order valence-corrected chi connectivity index (χ0v) is 19.6. The van der Waals surface area contributed by atoms with E-state index in [2.05, 4.69) is 25.7 Å². The van der Waals surface area contributed by atoms with Gasteiger partial charge in [-0.05, 0) is 33.8 Å². The number of ether oxygens (including phenoxy) is 2. The molecule has 0 spiro atoms. The molecule has 0 fully saturated rings. The molecule has 0 saturated carbocycles. The highest BCUT2D eigenvalue weighted by Gasteiger charge is 2.20. The van der Waals surface area contributed by atoms with Crippen molar-refractivity contribution in [1.29, 1.82) is 0 Å². The lowest BCUT2D eigenvalue weighted by molar-refractivity contribution is -0.116. The summed E-state index contributed by atoms with van der Waals surface area (Å²) >= 11 is 1.15. The van der Waals surface area contributed by atoms with Gasteiger partial charge in [0.25, 0.3) is 5.91 Å². The van der Waals surface area contributed by atoms with Crippen LogP contribution in [0.2, 0.25) is 0 Å². The summed E-state index contributed by atoms with van der Waals surface area (Å²) in [7, 11) is 2.91. The summed E-state index contributed by atoms with van der Waals surface area (Å²) in [6.45, 7) is 7.04. The smallest absolute Gasteiger partial charge is 0.407 e. The van der Waals surface area contributed by atoms with Crippen LogP contribution in [0.5, 0.6) is 0 Å². The number of hydrogen-bond acceptors (Lipinski definition) is 8. The van der Waals surface area contributed by atoms with Crippen molar-refractivity contribution in [1.82, 2.24) is 14.9 Å². The molecule has 0 unspecified atom stereocenters. The van der Waals surface area contributed by atoms with Crippen molar-refractivity contribution in [2.75, 3.05) is 24.3 Å². The van der Waals surface area contributed by atoms with Gasteiger partial charge in [0.1, 0.15) is 11.3 Å². The van der Waals surface area contributed by atoms with Crippen LogP contribution in [0.15, 0.2) is 12.3 Å². The van der Waals surface area contributed by atoms with Gasteiger partial charge in [0, 0.05) is 31.1 Å². The van der Waals surface area contributed by atoms with Crippen LogP contribution in [0.25, 0.3) is 0 Å². The minimum atomic E-state index is -0.619. The number of methoxy groups -OCH3 is 1. The Morgan fingerprint density at radius 3 is 2.50 bits per heavy atom. The molecule has 0 bridgehead atoms. The zero-order valence-electron chi connectivity index (χ0n) is 18.8.